The zero-order valence-corrected chi connectivity index (χ0v) is 11.1. The van der Waals surface area contributed by atoms with E-state index < -0.39 is 9.84 Å². The topological polar surface area (TPSA) is 37.4 Å². The third-order valence-electron chi connectivity index (χ3n) is 2.76. The van der Waals surface area contributed by atoms with Gasteiger partial charge in [-0.3, -0.25) is 0 Å². The predicted molar refractivity (Wildman–Crippen MR) is 67.7 cm³/mol. The van der Waals surface area contributed by atoms with Gasteiger partial charge in [0.1, 0.15) is 0 Å². The second-order valence-corrected chi connectivity index (χ2v) is 6.38. The smallest absolute Gasteiger partial charge is 0.178 e. The van der Waals surface area contributed by atoms with E-state index in [4.69, 9.17) is 0 Å². The van der Waals surface area contributed by atoms with E-state index in [2.05, 4.69) is 18.7 Å². The summed E-state index contributed by atoms with van der Waals surface area (Å²) in [6.07, 6.45) is 0. The molecule has 0 bridgehead atoms. The average molecular weight is 241 g/mol. The molecule has 0 spiro atoms. The van der Waals surface area contributed by atoms with Crippen LogP contribution in [0.15, 0.2) is 29.2 Å². The van der Waals surface area contributed by atoms with E-state index in [0.717, 1.165) is 5.69 Å². The molecule has 0 saturated heterocycles. The van der Waals surface area contributed by atoms with Crippen LogP contribution in [0.1, 0.15) is 20.8 Å². The zero-order valence-electron chi connectivity index (χ0n) is 10.3. The number of benzene rings is 1. The number of hydrogen-bond donors (Lipinski definition) is 0. The minimum atomic E-state index is -3.08. The lowest BCUT2D eigenvalue weighted by Gasteiger charge is -2.23. The van der Waals surface area contributed by atoms with Crippen molar-refractivity contribution < 1.29 is 8.42 Å². The normalized spacial score (nSPS) is 11.8. The molecule has 0 unspecified atom stereocenters. The van der Waals surface area contributed by atoms with E-state index in [0.29, 0.717) is 10.9 Å². The Balaban J connectivity index is 3.01. The lowest BCUT2D eigenvalue weighted by molar-refractivity contribution is 0.597. The Morgan fingerprint density at radius 3 is 2.06 bits per heavy atom. The summed E-state index contributed by atoms with van der Waals surface area (Å²) in [5.41, 5.74) is 1.03. The molecule has 0 fully saturated rings. The van der Waals surface area contributed by atoms with Crippen molar-refractivity contribution in [1.82, 2.24) is 0 Å². The van der Waals surface area contributed by atoms with Gasteiger partial charge in [-0.15, -0.1) is 0 Å². The standard InChI is InChI=1S/C12H19NO2S/c1-5-16(14,15)12-8-6-11(7-9-12)13(4)10(2)3/h6-10H,5H2,1-4H3. The summed E-state index contributed by atoms with van der Waals surface area (Å²) in [5.74, 6) is 0.145. The van der Waals surface area contributed by atoms with E-state index in [-0.39, 0.29) is 5.75 Å². The van der Waals surface area contributed by atoms with E-state index in [1.54, 1.807) is 19.1 Å². The first kappa shape index (κ1) is 13.0. The van der Waals surface area contributed by atoms with Gasteiger partial charge < -0.3 is 4.90 Å². The van der Waals surface area contributed by atoms with Gasteiger partial charge in [-0.2, -0.15) is 0 Å². The molecule has 0 heterocycles. The molecule has 1 aromatic carbocycles. The Morgan fingerprint density at radius 1 is 1.19 bits per heavy atom. The predicted octanol–water partition coefficient (Wildman–Crippen LogP) is 2.32. The van der Waals surface area contributed by atoms with Crippen LogP contribution in [0.5, 0.6) is 0 Å². The molecule has 1 aromatic rings. The summed E-state index contributed by atoms with van der Waals surface area (Å²) >= 11 is 0. The molecule has 4 heteroatoms. The molecule has 16 heavy (non-hydrogen) atoms. The van der Waals surface area contributed by atoms with Crippen LogP contribution in [0.25, 0.3) is 0 Å². The third-order valence-corrected chi connectivity index (χ3v) is 4.51. The van der Waals surface area contributed by atoms with Gasteiger partial charge in [0.25, 0.3) is 0 Å². The molecular weight excluding hydrogens is 222 g/mol. The van der Waals surface area contributed by atoms with Crippen LogP contribution >= 0.6 is 0 Å². The van der Waals surface area contributed by atoms with Gasteiger partial charge in [0.15, 0.2) is 9.84 Å². The minimum absolute atomic E-state index is 0.145. The molecule has 0 radical (unpaired) electrons. The summed E-state index contributed by atoms with van der Waals surface area (Å²) in [4.78, 5) is 2.50. The van der Waals surface area contributed by atoms with Gasteiger partial charge in [0.2, 0.25) is 0 Å². The van der Waals surface area contributed by atoms with E-state index in [9.17, 15) is 8.42 Å². The fourth-order valence-corrected chi connectivity index (χ4v) is 2.24. The summed E-state index contributed by atoms with van der Waals surface area (Å²) in [6, 6.07) is 7.44. The molecule has 0 amide bonds. The van der Waals surface area contributed by atoms with Crippen LogP contribution in [-0.4, -0.2) is 27.3 Å². The van der Waals surface area contributed by atoms with Crippen molar-refractivity contribution >= 4 is 15.5 Å². The molecule has 3 nitrogen and oxygen atoms in total. The molecule has 0 saturated carbocycles. The maximum atomic E-state index is 11.6. The first-order valence-electron chi connectivity index (χ1n) is 5.44. The fourth-order valence-electron chi connectivity index (χ4n) is 1.35. The number of rotatable bonds is 4. The Morgan fingerprint density at radius 2 is 1.69 bits per heavy atom. The summed E-state index contributed by atoms with van der Waals surface area (Å²) < 4.78 is 23.2. The zero-order chi connectivity index (χ0) is 12.3. The maximum Gasteiger partial charge on any atom is 0.178 e. The van der Waals surface area contributed by atoms with Crippen LogP contribution in [0.4, 0.5) is 5.69 Å². The summed E-state index contributed by atoms with van der Waals surface area (Å²) in [6.45, 7) is 5.84. The monoisotopic (exact) mass is 241 g/mol. The summed E-state index contributed by atoms with van der Waals surface area (Å²) in [5, 5.41) is 0. The number of nitrogens with zero attached hydrogens (tertiary/aromatic N) is 1. The first-order valence-corrected chi connectivity index (χ1v) is 7.09. The Hall–Kier alpha value is -1.03. The Kier molecular flexibility index (Phi) is 3.97. The van der Waals surface area contributed by atoms with Gasteiger partial charge in [-0.05, 0) is 38.1 Å². The molecule has 0 atom stereocenters. The van der Waals surface area contributed by atoms with Crippen LogP contribution in [-0.2, 0) is 9.84 Å². The van der Waals surface area contributed by atoms with Gasteiger partial charge in [-0.1, -0.05) is 6.92 Å². The maximum absolute atomic E-state index is 11.6. The van der Waals surface area contributed by atoms with Crippen LogP contribution in [0.3, 0.4) is 0 Å². The lowest BCUT2D eigenvalue weighted by atomic mass is 10.2. The van der Waals surface area contributed by atoms with Gasteiger partial charge >= 0.3 is 0 Å². The lowest BCUT2D eigenvalue weighted by Crippen LogP contribution is -2.25. The second-order valence-electron chi connectivity index (χ2n) is 4.10. The van der Waals surface area contributed by atoms with Crippen molar-refractivity contribution in [2.24, 2.45) is 0 Å². The first-order chi connectivity index (χ1) is 7.38. The molecular formula is C12H19NO2S. The van der Waals surface area contributed by atoms with E-state index in [1.165, 1.54) is 0 Å². The molecule has 0 aromatic heterocycles. The molecule has 0 aliphatic carbocycles. The molecule has 0 aliphatic heterocycles. The van der Waals surface area contributed by atoms with Crippen molar-refractivity contribution in [3.8, 4) is 0 Å². The van der Waals surface area contributed by atoms with Gasteiger partial charge in [0.05, 0.1) is 10.6 Å². The number of sulfone groups is 1. The summed E-state index contributed by atoms with van der Waals surface area (Å²) in [7, 11) is -1.09. The van der Waals surface area contributed by atoms with Gasteiger partial charge in [-0.25, -0.2) is 8.42 Å². The molecule has 1 rings (SSSR count). The highest BCUT2D eigenvalue weighted by molar-refractivity contribution is 7.91. The number of anilines is 1. The number of hydrogen-bond acceptors (Lipinski definition) is 3. The Labute approximate surface area is 98.0 Å². The van der Waals surface area contributed by atoms with Crippen molar-refractivity contribution in [3.63, 3.8) is 0 Å². The van der Waals surface area contributed by atoms with Crippen molar-refractivity contribution in [3.05, 3.63) is 24.3 Å². The largest absolute Gasteiger partial charge is 0.372 e. The third kappa shape index (κ3) is 2.76. The van der Waals surface area contributed by atoms with Crippen LogP contribution in [0.2, 0.25) is 0 Å². The molecule has 90 valence electrons. The van der Waals surface area contributed by atoms with Crippen molar-refractivity contribution in [1.29, 1.82) is 0 Å². The van der Waals surface area contributed by atoms with Crippen LogP contribution < -0.4 is 4.90 Å². The van der Waals surface area contributed by atoms with E-state index in [1.807, 2.05) is 19.2 Å². The van der Waals surface area contributed by atoms with Crippen molar-refractivity contribution in [2.45, 2.75) is 31.7 Å². The molecule has 0 aliphatic rings. The van der Waals surface area contributed by atoms with Crippen molar-refractivity contribution in [2.75, 3.05) is 17.7 Å². The second kappa shape index (κ2) is 4.87. The average Bonchev–Trinajstić information content (AvgIpc) is 2.28. The fraction of sp³-hybridized carbons (Fsp3) is 0.500. The Bertz CT molecular complexity index is 435. The SMILES string of the molecule is CCS(=O)(=O)c1ccc(N(C)C(C)C)cc1. The molecule has 0 N–H and O–H groups in total. The highest BCUT2D eigenvalue weighted by atomic mass is 32.2. The quantitative estimate of drug-likeness (QED) is 0.812. The van der Waals surface area contributed by atoms with Crippen LogP contribution in [0, 0.1) is 0 Å². The van der Waals surface area contributed by atoms with Gasteiger partial charge in [0, 0.05) is 18.8 Å². The van der Waals surface area contributed by atoms with E-state index >= 15 is 0 Å². The minimum Gasteiger partial charge on any atom is -0.372 e. The highest BCUT2D eigenvalue weighted by Gasteiger charge is 2.12. The highest BCUT2D eigenvalue weighted by Crippen LogP contribution is 2.19.